The highest BCUT2D eigenvalue weighted by molar-refractivity contribution is 6.06. The first-order valence-electron chi connectivity index (χ1n) is 14.5. The zero-order valence-corrected chi connectivity index (χ0v) is 22.9. The molecule has 5 aliphatic rings. The molecule has 0 aliphatic carbocycles. The van der Waals surface area contributed by atoms with Crippen molar-refractivity contribution in [2.75, 3.05) is 6.67 Å². The average Bonchev–Trinajstić information content (AvgIpc) is 3.70. The molecule has 42 heavy (non-hydrogen) atoms. The minimum Gasteiger partial charge on any atom is -0.314 e. The van der Waals surface area contributed by atoms with E-state index in [-0.39, 0.29) is 24.7 Å². The predicted octanol–water partition coefficient (Wildman–Crippen LogP) is 4.22. The van der Waals surface area contributed by atoms with E-state index in [2.05, 4.69) is 124 Å². The van der Waals surface area contributed by atoms with E-state index in [1.54, 1.807) is 0 Å². The van der Waals surface area contributed by atoms with Gasteiger partial charge in [-0.2, -0.15) is 0 Å². The third kappa shape index (κ3) is 2.84. The highest BCUT2D eigenvalue weighted by Crippen LogP contribution is 2.44. The van der Waals surface area contributed by atoms with Gasteiger partial charge < -0.3 is 14.4 Å². The maximum absolute atomic E-state index is 5.51. The summed E-state index contributed by atoms with van der Waals surface area (Å²) in [5, 5.41) is 5.96. The molecule has 202 valence electrons. The van der Waals surface area contributed by atoms with Crippen LogP contribution in [0.15, 0.2) is 117 Å². The molecule has 1 N–H and O–H groups in total. The summed E-state index contributed by atoms with van der Waals surface area (Å²) in [6, 6.07) is 34.2. The molecule has 0 saturated heterocycles. The number of aliphatic imine (C=N–C) groups is 2. The zero-order chi connectivity index (χ0) is 27.5. The van der Waals surface area contributed by atoms with Gasteiger partial charge in [0.15, 0.2) is 12.3 Å². The second-order valence-electron chi connectivity index (χ2n) is 11.5. The van der Waals surface area contributed by atoms with Crippen LogP contribution in [-0.4, -0.2) is 32.7 Å². The predicted molar refractivity (Wildman–Crippen MR) is 160 cm³/mol. The van der Waals surface area contributed by atoms with Gasteiger partial charge in [-0.25, -0.2) is 20.0 Å². The van der Waals surface area contributed by atoms with E-state index < -0.39 is 0 Å². The summed E-state index contributed by atoms with van der Waals surface area (Å²) in [7, 11) is 2.09. The number of rotatable bonds is 0. The maximum Gasteiger partial charge on any atom is 0.152 e. The Morgan fingerprint density at radius 2 is 0.976 bits per heavy atom. The van der Waals surface area contributed by atoms with E-state index >= 15 is 0 Å². The molecule has 5 aliphatic heterocycles. The van der Waals surface area contributed by atoms with Gasteiger partial charge in [0.05, 0.1) is 6.67 Å². The molecule has 0 saturated carbocycles. The highest BCUT2D eigenvalue weighted by atomic mass is 15.5. The standard InChI is InChI=1S/C34H26N8/c1-40-29-21-12-4-5-13-22(21)30(40)39-34-26-17-9-7-15-24(26)32-37-28-20-11-3-2-10-19(20)27(35-28)36-31-23-14-6-8-16-25(23)33(38-29)41(31)18-42(32)34/h2-17,27-28,33-35H,18H2,1H3/b36-31-,37-32-,38-29-,39-30-. The van der Waals surface area contributed by atoms with Crippen molar-refractivity contribution in [3.05, 3.63) is 141 Å². The van der Waals surface area contributed by atoms with Crippen molar-refractivity contribution in [3.8, 4) is 0 Å². The maximum atomic E-state index is 5.51. The molecule has 10 rings (SSSR count). The summed E-state index contributed by atoms with van der Waals surface area (Å²) in [6.07, 6.45) is -0.918. The Kier molecular flexibility index (Phi) is 4.31. The highest BCUT2D eigenvalue weighted by Gasteiger charge is 2.44. The van der Waals surface area contributed by atoms with Crippen LogP contribution < -0.4 is 16.3 Å². The zero-order valence-electron chi connectivity index (χ0n) is 22.9. The van der Waals surface area contributed by atoms with E-state index in [0.717, 1.165) is 55.7 Å². The fourth-order valence-corrected chi connectivity index (χ4v) is 7.42. The molecular weight excluding hydrogens is 520 g/mol. The van der Waals surface area contributed by atoms with Crippen molar-refractivity contribution in [1.82, 2.24) is 19.7 Å². The molecule has 4 atom stereocenters. The van der Waals surface area contributed by atoms with E-state index in [4.69, 9.17) is 20.0 Å². The fourth-order valence-electron chi connectivity index (χ4n) is 7.42. The number of nitrogens with one attached hydrogen (secondary N) is 1. The normalized spacial score (nSPS) is 28.3. The molecule has 8 nitrogen and oxygen atoms in total. The SMILES string of the molecule is Cn1/c2c3ccccc3/c1=N/C1c3ccccc3/C3=N/C4NC(/N=C5/c6ccccc6C(/N=2)N5CN31)c1ccccc14. The van der Waals surface area contributed by atoms with Gasteiger partial charge in [-0.05, 0) is 11.1 Å². The molecule has 8 heteroatoms. The molecule has 1 aromatic heterocycles. The first kappa shape index (κ1) is 22.6. The monoisotopic (exact) mass is 546 g/mol. The molecule has 6 bridgehead atoms. The number of nitrogens with zero attached hydrogens (tertiary/aromatic N) is 7. The summed E-state index contributed by atoms with van der Waals surface area (Å²) in [4.78, 5) is 26.6. The van der Waals surface area contributed by atoms with Crippen molar-refractivity contribution in [2.45, 2.75) is 24.7 Å². The quantitative estimate of drug-likeness (QED) is 0.316. The fraction of sp³-hybridized carbons (Fsp3) is 0.176. The molecule has 0 amide bonds. The lowest BCUT2D eigenvalue weighted by Crippen LogP contribution is -2.44. The lowest BCUT2D eigenvalue weighted by Gasteiger charge is -2.34. The van der Waals surface area contributed by atoms with Gasteiger partial charge in [-0.15, -0.1) is 0 Å². The summed E-state index contributed by atoms with van der Waals surface area (Å²) < 4.78 is 2.16. The van der Waals surface area contributed by atoms with E-state index in [0.29, 0.717) is 6.67 Å². The molecule has 0 fully saturated rings. The van der Waals surface area contributed by atoms with Crippen molar-refractivity contribution in [3.63, 3.8) is 0 Å². The van der Waals surface area contributed by atoms with E-state index in [9.17, 15) is 0 Å². The van der Waals surface area contributed by atoms with Crippen LogP contribution in [0, 0.1) is 0 Å². The second kappa shape index (κ2) is 8.02. The average molecular weight is 547 g/mol. The molecule has 4 aromatic carbocycles. The van der Waals surface area contributed by atoms with Gasteiger partial charge in [0.1, 0.15) is 35.0 Å². The van der Waals surface area contributed by atoms with E-state index in [1.165, 1.54) is 11.1 Å². The first-order valence-corrected chi connectivity index (χ1v) is 14.5. The van der Waals surface area contributed by atoms with Crippen LogP contribution in [0.1, 0.15) is 58.0 Å². The lowest BCUT2D eigenvalue weighted by atomic mass is 10.1. The molecule has 5 aromatic rings. The minimum atomic E-state index is -0.250. The Morgan fingerprint density at radius 3 is 1.48 bits per heavy atom. The smallest absolute Gasteiger partial charge is 0.152 e. The number of fused-ring (bicyclic) bond motifs is 16. The summed E-state index contributed by atoms with van der Waals surface area (Å²) in [5.41, 5.74) is 8.76. The molecule has 4 unspecified atom stereocenters. The topological polar surface area (TPSA) is 72.9 Å². The lowest BCUT2D eigenvalue weighted by molar-refractivity contribution is 0.193. The second-order valence-corrected chi connectivity index (χ2v) is 11.5. The Labute approximate surface area is 241 Å². The van der Waals surface area contributed by atoms with Crippen LogP contribution >= 0.6 is 0 Å². The number of aromatic nitrogens is 1. The minimum absolute atomic E-state index is 0.209. The molecular formula is C34H26N8. The summed E-state index contributed by atoms with van der Waals surface area (Å²) >= 11 is 0. The largest absolute Gasteiger partial charge is 0.314 e. The summed E-state index contributed by atoms with van der Waals surface area (Å²) in [6.45, 7) is 0.555. The third-order valence-electron chi connectivity index (χ3n) is 9.34. The van der Waals surface area contributed by atoms with Crippen LogP contribution in [-0.2, 0) is 7.05 Å². The van der Waals surface area contributed by atoms with Gasteiger partial charge in [-0.3, -0.25) is 5.32 Å². The van der Waals surface area contributed by atoms with Gasteiger partial charge in [-0.1, -0.05) is 97.1 Å². The van der Waals surface area contributed by atoms with Crippen molar-refractivity contribution >= 4 is 22.4 Å². The Balaban J connectivity index is 1.36. The number of hydrogen-bond donors (Lipinski definition) is 1. The van der Waals surface area contributed by atoms with Crippen LogP contribution in [0.3, 0.4) is 0 Å². The number of amidine groups is 2. The van der Waals surface area contributed by atoms with Gasteiger partial charge in [0, 0.05) is 40.1 Å². The van der Waals surface area contributed by atoms with Crippen LogP contribution in [0.2, 0.25) is 0 Å². The van der Waals surface area contributed by atoms with Crippen LogP contribution in [0.5, 0.6) is 0 Å². The van der Waals surface area contributed by atoms with E-state index in [1.807, 2.05) is 0 Å². The number of benzene rings is 4. The Bertz CT molecular complexity index is 2030. The van der Waals surface area contributed by atoms with Gasteiger partial charge in [0.25, 0.3) is 0 Å². The third-order valence-corrected chi connectivity index (χ3v) is 9.34. The summed E-state index contributed by atoms with van der Waals surface area (Å²) in [5.74, 6) is 1.89. The van der Waals surface area contributed by atoms with Gasteiger partial charge in [0.2, 0.25) is 0 Å². The van der Waals surface area contributed by atoms with Crippen molar-refractivity contribution in [1.29, 1.82) is 0 Å². The van der Waals surface area contributed by atoms with Crippen molar-refractivity contribution in [2.24, 2.45) is 27.0 Å². The van der Waals surface area contributed by atoms with Gasteiger partial charge >= 0.3 is 0 Å². The molecule has 0 radical (unpaired) electrons. The van der Waals surface area contributed by atoms with Crippen molar-refractivity contribution < 1.29 is 0 Å². The Hall–Kier alpha value is -5.08. The number of hydrogen-bond acceptors (Lipinski definition) is 7. The molecule has 6 heterocycles. The van der Waals surface area contributed by atoms with Crippen LogP contribution in [0.25, 0.3) is 10.8 Å². The first-order chi connectivity index (χ1) is 20.7. The Morgan fingerprint density at radius 1 is 0.548 bits per heavy atom. The van der Waals surface area contributed by atoms with Crippen LogP contribution in [0.4, 0.5) is 0 Å². The molecule has 0 spiro atoms.